The molecule has 118 valence electrons. The summed E-state index contributed by atoms with van der Waals surface area (Å²) in [6, 6.07) is 8.04. The Morgan fingerprint density at radius 3 is 2.76 bits per heavy atom. The summed E-state index contributed by atoms with van der Waals surface area (Å²) in [5.74, 6) is 0.643. The minimum atomic E-state index is -0.113. The summed E-state index contributed by atoms with van der Waals surface area (Å²) in [6.07, 6.45) is 1.76. The Kier molecular flexibility index (Phi) is 8.47. The third kappa shape index (κ3) is 6.14. The molecular formula is C16H26N2O3. The fourth-order valence-electron chi connectivity index (χ4n) is 2.12. The van der Waals surface area contributed by atoms with Crippen molar-refractivity contribution < 1.29 is 14.3 Å². The quantitative estimate of drug-likeness (QED) is 0.647. The maximum atomic E-state index is 11.7. The van der Waals surface area contributed by atoms with E-state index in [1.807, 2.05) is 31.3 Å². The lowest BCUT2D eigenvalue weighted by molar-refractivity contribution is -0.123. The summed E-state index contributed by atoms with van der Waals surface area (Å²) < 4.78 is 10.6. The number of para-hydroxylation sites is 1. The molecule has 0 saturated heterocycles. The van der Waals surface area contributed by atoms with Crippen molar-refractivity contribution in [2.45, 2.75) is 25.8 Å². The smallest absolute Gasteiger partial charge is 0.257 e. The van der Waals surface area contributed by atoms with Crippen LogP contribution >= 0.6 is 0 Å². The molecule has 1 aromatic carbocycles. The molecule has 0 bridgehead atoms. The number of carbonyl (C=O) groups is 1. The van der Waals surface area contributed by atoms with E-state index in [2.05, 4.69) is 17.6 Å². The van der Waals surface area contributed by atoms with Gasteiger partial charge in [-0.25, -0.2) is 0 Å². The Morgan fingerprint density at radius 1 is 1.33 bits per heavy atom. The van der Waals surface area contributed by atoms with Crippen molar-refractivity contribution in [2.24, 2.45) is 0 Å². The molecule has 0 aromatic heterocycles. The molecule has 0 aliphatic heterocycles. The predicted octanol–water partition coefficient (Wildman–Crippen LogP) is 1.89. The van der Waals surface area contributed by atoms with Gasteiger partial charge in [-0.15, -0.1) is 0 Å². The van der Waals surface area contributed by atoms with Crippen LogP contribution in [0.15, 0.2) is 24.3 Å². The van der Waals surface area contributed by atoms with Crippen molar-refractivity contribution in [3.8, 4) is 5.75 Å². The highest BCUT2D eigenvalue weighted by Crippen LogP contribution is 2.26. The monoisotopic (exact) mass is 294 g/mol. The van der Waals surface area contributed by atoms with Crippen molar-refractivity contribution in [1.82, 2.24) is 10.6 Å². The van der Waals surface area contributed by atoms with E-state index < -0.39 is 0 Å². The van der Waals surface area contributed by atoms with Gasteiger partial charge in [0.2, 0.25) is 0 Å². The van der Waals surface area contributed by atoms with Gasteiger partial charge in [0.1, 0.15) is 5.75 Å². The lowest BCUT2D eigenvalue weighted by atomic mass is 10.0. The highest BCUT2D eigenvalue weighted by atomic mass is 16.5. The first-order chi connectivity index (χ1) is 10.2. The first kappa shape index (κ1) is 17.5. The number of hydrogen-bond donors (Lipinski definition) is 2. The van der Waals surface area contributed by atoms with Gasteiger partial charge < -0.3 is 20.1 Å². The van der Waals surface area contributed by atoms with Gasteiger partial charge in [-0.2, -0.15) is 0 Å². The van der Waals surface area contributed by atoms with Crippen molar-refractivity contribution >= 4 is 5.91 Å². The van der Waals surface area contributed by atoms with E-state index in [9.17, 15) is 4.79 Å². The van der Waals surface area contributed by atoms with E-state index in [0.717, 1.165) is 24.2 Å². The first-order valence-corrected chi connectivity index (χ1v) is 7.37. The third-order valence-corrected chi connectivity index (χ3v) is 3.26. The first-order valence-electron chi connectivity index (χ1n) is 7.37. The fourth-order valence-corrected chi connectivity index (χ4v) is 2.12. The van der Waals surface area contributed by atoms with E-state index in [1.165, 1.54) is 0 Å². The topological polar surface area (TPSA) is 59.6 Å². The minimum Gasteiger partial charge on any atom is -0.483 e. The van der Waals surface area contributed by atoms with Crippen LogP contribution < -0.4 is 15.4 Å². The molecule has 0 aliphatic rings. The van der Waals surface area contributed by atoms with Crippen molar-refractivity contribution in [1.29, 1.82) is 0 Å². The van der Waals surface area contributed by atoms with Crippen LogP contribution in [-0.2, 0) is 9.53 Å². The summed E-state index contributed by atoms with van der Waals surface area (Å²) in [4.78, 5) is 11.7. The number of amides is 1. The van der Waals surface area contributed by atoms with Crippen molar-refractivity contribution in [3.05, 3.63) is 29.8 Å². The van der Waals surface area contributed by atoms with Gasteiger partial charge in [-0.1, -0.05) is 25.1 Å². The molecule has 1 amide bonds. The molecule has 5 nitrogen and oxygen atoms in total. The molecule has 0 saturated carbocycles. The molecule has 1 unspecified atom stereocenters. The lowest BCUT2D eigenvalue weighted by Gasteiger charge is -2.18. The zero-order valence-corrected chi connectivity index (χ0v) is 13.1. The molecule has 1 rings (SSSR count). The SMILES string of the molecule is CCC(NC)c1ccccc1OCC(=O)NCCCOC. The average molecular weight is 294 g/mol. The normalized spacial score (nSPS) is 12.0. The zero-order chi connectivity index (χ0) is 15.5. The number of ether oxygens (including phenoxy) is 2. The average Bonchev–Trinajstić information content (AvgIpc) is 2.52. The van der Waals surface area contributed by atoms with Crippen LogP contribution in [0.5, 0.6) is 5.75 Å². The fraction of sp³-hybridized carbons (Fsp3) is 0.562. The molecular weight excluding hydrogens is 268 g/mol. The van der Waals surface area contributed by atoms with E-state index in [-0.39, 0.29) is 18.6 Å². The summed E-state index contributed by atoms with van der Waals surface area (Å²) in [7, 11) is 3.57. The second kappa shape index (κ2) is 10.2. The molecule has 2 N–H and O–H groups in total. The second-order valence-corrected chi connectivity index (χ2v) is 4.77. The Balaban J connectivity index is 2.49. The Hall–Kier alpha value is -1.59. The van der Waals surface area contributed by atoms with Crippen molar-refractivity contribution in [2.75, 3.05) is 33.9 Å². The zero-order valence-electron chi connectivity index (χ0n) is 13.1. The van der Waals surface area contributed by atoms with Crippen LogP contribution in [0.4, 0.5) is 0 Å². The van der Waals surface area contributed by atoms with Crippen LogP contribution in [0.2, 0.25) is 0 Å². The van der Waals surface area contributed by atoms with Crippen LogP contribution in [0.1, 0.15) is 31.4 Å². The number of hydrogen-bond acceptors (Lipinski definition) is 4. The van der Waals surface area contributed by atoms with E-state index in [0.29, 0.717) is 13.2 Å². The number of carbonyl (C=O) groups excluding carboxylic acids is 1. The second-order valence-electron chi connectivity index (χ2n) is 4.77. The number of nitrogens with one attached hydrogen (secondary N) is 2. The Labute approximate surface area is 127 Å². The third-order valence-electron chi connectivity index (χ3n) is 3.26. The van der Waals surface area contributed by atoms with Gasteiger partial charge >= 0.3 is 0 Å². The maximum absolute atomic E-state index is 11.7. The van der Waals surface area contributed by atoms with Crippen LogP contribution in [-0.4, -0.2) is 39.8 Å². The molecule has 21 heavy (non-hydrogen) atoms. The van der Waals surface area contributed by atoms with Gasteiger partial charge in [0.15, 0.2) is 6.61 Å². The minimum absolute atomic E-state index is 0.0319. The number of benzene rings is 1. The Morgan fingerprint density at radius 2 is 2.10 bits per heavy atom. The van der Waals surface area contributed by atoms with Crippen LogP contribution in [0, 0.1) is 0 Å². The van der Waals surface area contributed by atoms with Crippen LogP contribution in [0.25, 0.3) is 0 Å². The molecule has 1 atom stereocenters. The van der Waals surface area contributed by atoms with E-state index >= 15 is 0 Å². The molecule has 0 aliphatic carbocycles. The molecule has 0 fully saturated rings. The number of methoxy groups -OCH3 is 1. The molecule has 0 radical (unpaired) electrons. The van der Waals surface area contributed by atoms with E-state index in [1.54, 1.807) is 7.11 Å². The summed E-state index contributed by atoms with van der Waals surface area (Å²) in [6.45, 7) is 3.39. The van der Waals surface area contributed by atoms with Gasteiger partial charge in [-0.05, 0) is 26.0 Å². The highest BCUT2D eigenvalue weighted by molar-refractivity contribution is 5.77. The van der Waals surface area contributed by atoms with Gasteiger partial charge in [0.25, 0.3) is 5.91 Å². The van der Waals surface area contributed by atoms with Gasteiger partial charge in [0, 0.05) is 31.9 Å². The number of rotatable bonds is 10. The molecule has 0 heterocycles. The highest BCUT2D eigenvalue weighted by Gasteiger charge is 2.13. The summed E-state index contributed by atoms with van der Waals surface area (Å²) >= 11 is 0. The van der Waals surface area contributed by atoms with Gasteiger partial charge in [0.05, 0.1) is 0 Å². The largest absolute Gasteiger partial charge is 0.483 e. The van der Waals surface area contributed by atoms with Crippen LogP contribution in [0.3, 0.4) is 0 Å². The predicted molar refractivity (Wildman–Crippen MR) is 83.5 cm³/mol. The standard InChI is InChI=1S/C16H26N2O3/c1-4-14(17-2)13-8-5-6-9-15(13)21-12-16(19)18-10-7-11-20-3/h5-6,8-9,14,17H,4,7,10-12H2,1-3H3,(H,18,19). The molecule has 0 spiro atoms. The summed E-state index contributed by atoms with van der Waals surface area (Å²) in [5, 5.41) is 6.05. The lowest BCUT2D eigenvalue weighted by Crippen LogP contribution is -2.30. The molecule has 1 aromatic rings. The van der Waals surface area contributed by atoms with Gasteiger partial charge in [-0.3, -0.25) is 4.79 Å². The Bertz CT molecular complexity index is 420. The van der Waals surface area contributed by atoms with E-state index in [4.69, 9.17) is 9.47 Å². The van der Waals surface area contributed by atoms with Crippen molar-refractivity contribution in [3.63, 3.8) is 0 Å². The summed E-state index contributed by atoms with van der Waals surface area (Å²) in [5.41, 5.74) is 1.08. The maximum Gasteiger partial charge on any atom is 0.257 e. The molecule has 5 heteroatoms.